The number of fused-ring (bicyclic) bond motifs is 13. The molecule has 0 amide bonds. The second-order valence-corrected chi connectivity index (χ2v) is 11.9. The van der Waals surface area contributed by atoms with E-state index in [9.17, 15) is 0 Å². The van der Waals surface area contributed by atoms with Crippen LogP contribution in [-0.2, 0) is 6.42 Å². The van der Waals surface area contributed by atoms with Crippen molar-refractivity contribution in [2.75, 3.05) is 4.90 Å². The summed E-state index contributed by atoms with van der Waals surface area (Å²) < 4.78 is 0. The first-order chi connectivity index (χ1) is 19.9. The zero-order valence-electron chi connectivity index (χ0n) is 21.9. The lowest BCUT2D eigenvalue weighted by Crippen LogP contribution is -2.14. The van der Waals surface area contributed by atoms with Gasteiger partial charge in [-0.3, -0.25) is 0 Å². The summed E-state index contributed by atoms with van der Waals surface area (Å²) in [6, 6.07) is 42.7. The van der Waals surface area contributed by atoms with Crippen molar-refractivity contribution >= 4 is 78.0 Å². The van der Waals surface area contributed by atoms with Crippen LogP contribution in [0.4, 0.5) is 17.1 Å². The molecule has 1 aliphatic carbocycles. The summed E-state index contributed by atoms with van der Waals surface area (Å²) in [5.74, 6) is 0. The van der Waals surface area contributed by atoms with Gasteiger partial charge in [-0.2, -0.15) is 0 Å². The second kappa shape index (κ2) is 8.48. The fourth-order valence-corrected chi connectivity index (χ4v) is 8.06. The molecule has 0 aromatic heterocycles. The van der Waals surface area contributed by atoms with Gasteiger partial charge in [-0.15, -0.1) is 0 Å². The molecule has 0 saturated carbocycles. The van der Waals surface area contributed by atoms with E-state index in [1.165, 1.54) is 81.1 Å². The molecule has 188 valence electrons. The summed E-state index contributed by atoms with van der Waals surface area (Å²) in [6.07, 6.45) is 6.92. The van der Waals surface area contributed by atoms with Gasteiger partial charge in [-0.25, -0.2) is 0 Å². The van der Waals surface area contributed by atoms with E-state index < -0.39 is 0 Å². The van der Waals surface area contributed by atoms with Crippen LogP contribution >= 0.6 is 11.8 Å². The minimum absolute atomic E-state index is 1.09. The molecule has 0 spiro atoms. The minimum atomic E-state index is 1.09. The summed E-state index contributed by atoms with van der Waals surface area (Å²) in [6.45, 7) is 0. The lowest BCUT2D eigenvalue weighted by Gasteiger charge is -2.33. The molecule has 0 fully saturated rings. The first kappa shape index (κ1) is 22.3. The topological polar surface area (TPSA) is 3.24 Å². The van der Waals surface area contributed by atoms with Crippen molar-refractivity contribution in [2.45, 2.75) is 22.6 Å². The first-order valence-corrected chi connectivity index (χ1v) is 14.8. The predicted molar refractivity (Wildman–Crippen MR) is 173 cm³/mol. The molecule has 7 aromatic carbocycles. The molecule has 0 unspecified atom stereocenters. The largest absolute Gasteiger partial charge is 0.308 e. The Balaban J connectivity index is 1.46. The van der Waals surface area contributed by atoms with E-state index in [1.54, 1.807) is 0 Å². The SMILES string of the molecule is C1=Cc2c(c3ccccc3c3c4cc(N5c6ccccc6Sc6ccccc65)ccc4c4ccccc4c23)CC1. The lowest BCUT2D eigenvalue weighted by atomic mass is 9.82. The quantitative estimate of drug-likeness (QED) is 0.195. The van der Waals surface area contributed by atoms with Crippen LogP contribution in [0.5, 0.6) is 0 Å². The second-order valence-electron chi connectivity index (χ2n) is 10.8. The van der Waals surface area contributed by atoms with Crippen molar-refractivity contribution in [1.82, 2.24) is 0 Å². The molecule has 0 radical (unpaired) electrons. The van der Waals surface area contributed by atoms with E-state index in [1.807, 2.05) is 11.8 Å². The smallest absolute Gasteiger partial charge is 0.0601 e. The highest BCUT2D eigenvalue weighted by molar-refractivity contribution is 7.99. The molecule has 0 N–H and O–H groups in total. The molecule has 0 bridgehead atoms. The minimum Gasteiger partial charge on any atom is -0.308 e. The molecule has 1 aliphatic heterocycles. The summed E-state index contributed by atoms with van der Waals surface area (Å²) in [7, 11) is 0. The summed E-state index contributed by atoms with van der Waals surface area (Å²) >= 11 is 1.86. The molecule has 2 aliphatic rings. The molecule has 1 nitrogen and oxygen atoms in total. The number of hydrogen-bond acceptors (Lipinski definition) is 2. The fourth-order valence-electron chi connectivity index (χ4n) is 7.00. The van der Waals surface area contributed by atoms with Crippen molar-refractivity contribution in [1.29, 1.82) is 0 Å². The number of nitrogens with zero attached hydrogens (tertiary/aromatic N) is 1. The predicted octanol–water partition coefficient (Wildman–Crippen LogP) is 11.2. The monoisotopic (exact) mass is 527 g/mol. The van der Waals surface area contributed by atoms with E-state index in [4.69, 9.17) is 0 Å². The van der Waals surface area contributed by atoms with Gasteiger partial charge in [0.2, 0.25) is 0 Å². The zero-order valence-corrected chi connectivity index (χ0v) is 22.7. The van der Waals surface area contributed by atoms with Gasteiger partial charge in [0.1, 0.15) is 0 Å². The first-order valence-electron chi connectivity index (χ1n) is 14.0. The summed E-state index contributed by atoms with van der Waals surface area (Å²) in [4.78, 5) is 5.02. The highest BCUT2D eigenvalue weighted by Crippen LogP contribution is 2.52. The molecular formula is C38H25NS. The van der Waals surface area contributed by atoms with Gasteiger partial charge in [-0.1, -0.05) is 103 Å². The number of aryl methyl sites for hydroxylation is 1. The number of para-hydroxylation sites is 2. The van der Waals surface area contributed by atoms with E-state index >= 15 is 0 Å². The molecule has 2 heteroatoms. The van der Waals surface area contributed by atoms with Gasteiger partial charge in [-0.05, 0) is 103 Å². The highest BCUT2D eigenvalue weighted by atomic mass is 32.2. The van der Waals surface area contributed by atoms with Crippen molar-refractivity contribution in [3.8, 4) is 0 Å². The van der Waals surface area contributed by atoms with Crippen LogP contribution in [0.15, 0.2) is 131 Å². The molecule has 0 saturated heterocycles. The average molecular weight is 528 g/mol. The fraction of sp³-hybridized carbons (Fsp3) is 0.0526. The Bertz CT molecular complexity index is 2160. The highest BCUT2D eigenvalue weighted by Gasteiger charge is 2.25. The van der Waals surface area contributed by atoms with Gasteiger partial charge in [0.05, 0.1) is 11.4 Å². The van der Waals surface area contributed by atoms with Gasteiger partial charge in [0.25, 0.3) is 0 Å². The third kappa shape index (κ3) is 3.06. The third-order valence-electron chi connectivity index (χ3n) is 8.66. The summed E-state index contributed by atoms with van der Waals surface area (Å²) in [5.41, 5.74) is 6.55. The lowest BCUT2D eigenvalue weighted by molar-refractivity contribution is 1.00. The maximum atomic E-state index is 2.45. The average Bonchev–Trinajstić information content (AvgIpc) is 3.03. The number of hydrogen-bond donors (Lipinski definition) is 0. The van der Waals surface area contributed by atoms with Gasteiger partial charge >= 0.3 is 0 Å². The van der Waals surface area contributed by atoms with E-state index in [-0.39, 0.29) is 0 Å². The molecule has 40 heavy (non-hydrogen) atoms. The van der Waals surface area contributed by atoms with Crippen molar-refractivity contribution in [3.05, 3.63) is 132 Å². The Hall–Kier alpha value is -4.53. The van der Waals surface area contributed by atoms with Crippen molar-refractivity contribution < 1.29 is 0 Å². The van der Waals surface area contributed by atoms with Crippen molar-refractivity contribution in [3.63, 3.8) is 0 Å². The van der Waals surface area contributed by atoms with Crippen LogP contribution in [0.2, 0.25) is 0 Å². The Morgan fingerprint density at radius 1 is 0.525 bits per heavy atom. The molecule has 7 aromatic rings. The van der Waals surface area contributed by atoms with Gasteiger partial charge < -0.3 is 4.90 Å². The number of allylic oxidation sites excluding steroid dienone is 1. The number of benzene rings is 7. The van der Waals surface area contributed by atoms with E-state index in [0.717, 1.165) is 12.8 Å². The Morgan fingerprint density at radius 2 is 1.12 bits per heavy atom. The van der Waals surface area contributed by atoms with Gasteiger partial charge in [0, 0.05) is 15.5 Å². The molecular weight excluding hydrogens is 502 g/mol. The van der Waals surface area contributed by atoms with E-state index in [2.05, 4.69) is 132 Å². The normalized spacial score (nSPS) is 14.1. The number of rotatable bonds is 1. The third-order valence-corrected chi connectivity index (χ3v) is 9.79. The molecule has 1 heterocycles. The van der Waals surface area contributed by atoms with Crippen LogP contribution in [0, 0.1) is 0 Å². The Labute approximate surface area is 237 Å². The maximum absolute atomic E-state index is 2.45. The summed E-state index contributed by atoms with van der Waals surface area (Å²) in [5, 5.41) is 10.8. The standard InChI is InChI=1S/C38H25NS/c1-4-14-29-25(11-1)26-12-2-6-16-31(26)38-32-23-24(21-22-28(32)27-13-3-5-15-30(27)37(29)38)39-33-17-7-9-19-35(33)40-36-20-10-8-18-34(36)39/h2-10,12-23H,1,11H2. The van der Waals surface area contributed by atoms with Crippen LogP contribution in [0.25, 0.3) is 49.2 Å². The Morgan fingerprint density at radius 3 is 1.88 bits per heavy atom. The van der Waals surface area contributed by atoms with Crippen LogP contribution in [-0.4, -0.2) is 0 Å². The number of anilines is 3. The van der Waals surface area contributed by atoms with Gasteiger partial charge in [0.15, 0.2) is 0 Å². The zero-order chi connectivity index (χ0) is 26.2. The van der Waals surface area contributed by atoms with Crippen LogP contribution in [0.1, 0.15) is 17.5 Å². The molecule has 0 atom stereocenters. The van der Waals surface area contributed by atoms with E-state index in [0.29, 0.717) is 0 Å². The maximum Gasteiger partial charge on any atom is 0.0601 e. The molecule has 9 rings (SSSR count). The van der Waals surface area contributed by atoms with Crippen LogP contribution < -0.4 is 4.90 Å². The van der Waals surface area contributed by atoms with Crippen LogP contribution in [0.3, 0.4) is 0 Å². The Kier molecular flexibility index (Phi) is 4.73. The van der Waals surface area contributed by atoms with Crippen molar-refractivity contribution in [2.24, 2.45) is 0 Å².